The molecule has 0 aliphatic carbocycles. The molecule has 29 heavy (non-hydrogen) atoms. The molecule has 0 amide bonds. The highest BCUT2D eigenvalue weighted by Gasteiger charge is 2.19. The van der Waals surface area contributed by atoms with E-state index in [4.69, 9.17) is 9.47 Å². The zero-order chi connectivity index (χ0) is 20.8. The number of fused-ring (bicyclic) bond motifs is 1. The van der Waals surface area contributed by atoms with Crippen molar-refractivity contribution in [1.82, 2.24) is 9.97 Å². The standard InChI is InChI=1S/C22H22N2O5/c1-14(21(26)15-10-12-16(28-2)13-11-15)29-20(25)9-5-8-19-23-18-7-4-3-6-17(18)22(27)24-19/h3-4,6-7,10-14H,5,8-9H2,1-2H3,(H,23,24,27)/t14-/m1/s1. The second kappa shape index (κ2) is 9.14. The van der Waals surface area contributed by atoms with E-state index < -0.39 is 12.1 Å². The molecular weight excluding hydrogens is 372 g/mol. The maximum absolute atomic E-state index is 12.4. The number of hydrogen-bond donors (Lipinski definition) is 1. The second-order valence-electron chi connectivity index (χ2n) is 6.61. The third-order valence-corrected chi connectivity index (χ3v) is 4.51. The van der Waals surface area contributed by atoms with E-state index in [-0.39, 0.29) is 17.8 Å². The van der Waals surface area contributed by atoms with Crippen molar-refractivity contribution in [2.24, 2.45) is 0 Å². The maximum atomic E-state index is 12.4. The van der Waals surface area contributed by atoms with E-state index in [0.717, 1.165) is 0 Å². The van der Waals surface area contributed by atoms with Gasteiger partial charge in [-0.25, -0.2) is 4.98 Å². The number of Topliss-reactive ketones (excluding diaryl/α,β-unsaturated/α-hetero) is 1. The third kappa shape index (κ3) is 5.07. The molecule has 1 N–H and O–H groups in total. The van der Waals surface area contributed by atoms with Crippen LogP contribution in [0.15, 0.2) is 53.3 Å². The fourth-order valence-corrected chi connectivity index (χ4v) is 2.95. The minimum Gasteiger partial charge on any atom is -0.497 e. The Hall–Kier alpha value is -3.48. The number of nitrogens with zero attached hydrogens (tertiary/aromatic N) is 1. The molecule has 2 aromatic carbocycles. The van der Waals surface area contributed by atoms with Crippen molar-refractivity contribution in [2.45, 2.75) is 32.3 Å². The molecular formula is C22H22N2O5. The maximum Gasteiger partial charge on any atom is 0.306 e. The average Bonchev–Trinajstić information content (AvgIpc) is 2.73. The quantitative estimate of drug-likeness (QED) is 0.466. The number of aryl methyl sites for hydroxylation is 1. The number of methoxy groups -OCH3 is 1. The summed E-state index contributed by atoms with van der Waals surface area (Å²) in [6, 6.07) is 13.7. The number of carbonyl (C=O) groups is 2. The molecule has 7 heteroatoms. The number of rotatable bonds is 8. The second-order valence-corrected chi connectivity index (χ2v) is 6.61. The molecule has 0 saturated heterocycles. The van der Waals surface area contributed by atoms with Gasteiger partial charge in [0.15, 0.2) is 6.10 Å². The molecule has 3 rings (SSSR count). The van der Waals surface area contributed by atoms with Crippen LogP contribution in [0.5, 0.6) is 5.75 Å². The van der Waals surface area contributed by atoms with E-state index in [1.807, 2.05) is 6.07 Å². The van der Waals surface area contributed by atoms with Crippen LogP contribution < -0.4 is 10.3 Å². The molecule has 1 atom stereocenters. The van der Waals surface area contributed by atoms with Crippen LogP contribution in [0.25, 0.3) is 10.9 Å². The molecule has 0 aliphatic rings. The van der Waals surface area contributed by atoms with E-state index in [0.29, 0.717) is 40.9 Å². The molecule has 0 fully saturated rings. The summed E-state index contributed by atoms with van der Waals surface area (Å²) in [7, 11) is 1.55. The number of H-pyrrole nitrogens is 1. The lowest BCUT2D eigenvalue weighted by molar-refractivity contribution is -0.146. The number of aromatic amines is 1. The molecule has 0 spiro atoms. The highest BCUT2D eigenvalue weighted by molar-refractivity contribution is 6.00. The summed E-state index contributed by atoms with van der Waals surface area (Å²) < 4.78 is 10.3. The van der Waals surface area contributed by atoms with Gasteiger partial charge in [-0.3, -0.25) is 14.4 Å². The predicted octanol–water partition coefficient (Wildman–Crippen LogP) is 3.07. The number of ether oxygens (including phenoxy) is 2. The first-order chi connectivity index (χ1) is 14.0. The lowest BCUT2D eigenvalue weighted by Gasteiger charge is -2.12. The molecule has 0 saturated carbocycles. The van der Waals surface area contributed by atoms with E-state index >= 15 is 0 Å². The van der Waals surface area contributed by atoms with Gasteiger partial charge in [-0.1, -0.05) is 12.1 Å². The summed E-state index contributed by atoms with van der Waals surface area (Å²) >= 11 is 0. The van der Waals surface area contributed by atoms with Crippen molar-refractivity contribution < 1.29 is 19.1 Å². The summed E-state index contributed by atoms with van der Waals surface area (Å²) in [5.41, 5.74) is 0.864. The summed E-state index contributed by atoms with van der Waals surface area (Å²) in [6.07, 6.45) is 0.116. The fourth-order valence-electron chi connectivity index (χ4n) is 2.95. The minimum absolute atomic E-state index is 0.122. The van der Waals surface area contributed by atoms with Gasteiger partial charge in [0, 0.05) is 18.4 Å². The van der Waals surface area contributed by atoms with Crippen molar-refractivity contribution in [1.29, 1.82) is 0 Å². The fraction of sp³-hybridized carbons (Fsp3) is 0.273. The molecule has 3 aromatic rings. The number of nitrogens with one attached hydrogen (secondary N) is 1. The van der Waals surface area contributed by atoms with Gasteiger partial charge in [0.1, 0.15) is 11.6 Å². The van der Waals surface area contributed by atoms with E-state index in [1.54, 1.807) is 56.5 Å². The number of aromatic nitrogens is 2. The van der Waals surface area contributed by atoms with Crippen LogP contribution in [0, 0.1) is 0 Å². The number of carbonyl (C=O) groups excluding carboxylic acids is 2. The molecule has 0 bridgehead atoms. The van der Waals surface area contributed by atoms with Gasteiger partial charge < -0.3 is 14.5 Å². The lowest BCUT2D eigenvalue weighted by atomic mass is 10.1. The van der Waals surface area contributed by atoms with Gasteiger partial charge in [-0.05, 0) is 49.7 Å². The van der Waals surface area contributed by atoms with Crippen LogP contribution in [0.4, 0.5) is 0 Å². The number of hydrogen-bond acceptors (Lipinski definition) is 6. The van der Waals surface area contributed by atoms with Crippen molar-refractivity contribution in [3.8, 4) is 5.75 Å². The van der Waals surface area contributed by atoms with Crippen LogP contribution in [-0.4, -0.2) is 34.9 Å². The Kier molecular flexibility index (Phi) is 6.39. The zero-order valence-corrected chi connectivity index (χ0v) is 16.3. The Labute approximate surface area is 167 Å². The predicted molar refractivity (Wildman–Crippen MR) is 108 cm³/mol. The molecule has 1 aromatic heterocycles. The van der Waals surface area contributed by atoms with Gasteiger partial charge in [-0.15, -0.1) is 0 Å². The van der Waals surface area contributed by atoms with Crippen LogP contribution in [-0.2, 0) is 16.0 Å². The molecule has 0 unspecified atom stereocenters. The van der Waals surface area contributed by atoms with Gasteiger partial charge in [0.2, 0.25) is 5.78 Å². The summed E-state index contributed by atoms with van der Waals surface area (Å²) in [5, 5.41) is 0.529. The third-order valence-electron chi connectivity index (χ3n) is 4.51. The first kappa shape index (κ1) is 20.3. The van der Waals surface area contributed by atoms with Gasteiger partial charge in [0.25, 0.3) is 5.56 Å². The number of ketones is 1. The topological polar surface area (TPSA) is 98.3 Å². The van der Waals surface area contributed by atoms with Crippen molar-refractivity contribution in [2.75, 3.05) is 7.11 Å². The van der Waals surface area contributed by atoms with Gasteiger partial charge >= 0.3 is 5.97 Å². The van der Waals surface area contributed by atoms with Crippen molar-refractivity contribution in [3.05, 3.63) is 70.3 Å². The Balaban J connectivity index is 1.51. The summed E-state index contributed by atoms with van der Waals surface area (Å²) in [6.45, 7) is 1.55. The molecule has 1 heterocycles. The summed E-state index contributed by atoms with van der Waals surface area (Å²) in [5.74, 6) is 0.416. The summed E-state index contributed by atoms with van der Waals surface area (Å²) in [4.78, 5) is 43.6. The Morgan fingerprint density at radius 1 is 1.10 bits per heavy atom. The average molecular weight is 394 g/mol. The first-order valence-corrected chi connectivity index (χ1v) is 9.33. The Morgan fingerprint density at radius 3 is 2.55 bits per heavy atom. The number of para-hydroxylation sites is 1. The van der Waals surface area contributed by atoms with E-state index in [2.05, 4.69) is 9.97 Å². The number of esters is 1. The minimum atomic E-state index is -0.880. The van der Waals surface area contributed by atoms with E-state index in [9.17, 15) is 14.4 Å². The zero-order valence-electron chi connectivity index (χ0n) is 16.3. The molecule has 150 valence electrons. The van der Waals surface area contributed by atoms with Gasteiger partial charge in [-0.2, -0.15) is 0 Å². The normalized spacial score (nSPS) is 11.8. The van der Waals surface area contributed by atoms with E-state index in [1.165, 1.54) is 0 Å². The van der Waals surface area contributed by atoms with Gasteiger partial charge in [0.05, 0.1) is 18.0 Å². The molecule has 0 radical (unpaired) electrons. The Bertz CT molecular complexity index is 1070. The lowest BCUT2D eigenvalue weighted by Crippen LogP contribution is -2.24. The first-order valence-electron chi connectivity index (χ1n) is 9.33. The monoisotopic (exact) mass is 394 g/mol. The highest BCUT2D eigenvalue weighted by Crippen LogP contribution is 2.14. The van der Waals surface area contributed by atoms with Crippen molar-refractivity contribution >= 4 is 22.7 Å². The smallest absolute Gasteiger partial charge is 0.306 e. The van der Waals surface area contributed by atoms with Crippen LogP contribution in [0.3, 0.4) is 0 Å². The Morgan fingerprint density at radius 2 is 1.83 bits per heavy atom. The highest BCUT2D eigenvalue weighted by atomic mass is 16.5. The van der Waals surface area contributed by atoms with Crippen molar-refractivity contribution in [3.63, 3.8) is 0 Å². The SMILES string of the molecule is COc1ccc(C(=O)[C@@H](C)OC(=O)CCCc2nc3ccccc3c(=O)[nH]2)cc1. The van der Waals surface area contributed by atoms with Crippen LogP contribution >= 0.6 is 0 Å². The van der Waals surface area contributed by atoms with Crippen LogP contribution in [0.2, 0.25) is 0 Å². The molecule has 7 nitrogen and oxygen atoms in total. The largest absolute Gasteiger partial charge is 0.497 e. The molecule has 0 aliphatic heterocycles. The number of benzene rings is 2. The van der Waals surface area contributed by atoms with Crippen LogP contribution in [0.1, 0.15) is 35.9 Å².